The molecule has 2 N–H and O–H groups in total. The standard InChI is InChI=1S/C20H15FN4O2/c21-15-8-6-14(7-9-15)19-17(12-23-24-19)20(26)22-11-16-10-18(25-27-16)13-4-2-1-3-5-13/h1-10,12H,11H2,(H,22,26)(H,23,24). The van der Waals surface area contributed by atoms with E-state index in [0.717, 1.165) is 5.56 Å². The van der Waals surface area contributed by atoms with Crippen molar-refractivity contribution >= 4 is 5.91 Å². The van der Waals surface area contributed by atoms with Gasteiger partial charge in [0, 0.05) is 17.2 Å². The number of nitrogens with zero attached hydrogens (tertiary/aromatic N) is 2. The van der Waals surface area contributed by atoms with Crippen LogP contribution in [-0.4, -0.2) is 21.3 Å². The molecule has 1 amide bonds. The van der Waals surface area contributed by atoms with Crippen molar-refractivity contribution in [1.82, 2.24) is 20.7 Å². The van der Waals surface area contributed by atoms with E-state index in [2.05, 4.69) is 20.7 Å². The van der Waals surface area contributed by atoms with Crippen LogP contribution in [0.25, 0.3) is 22.5 Å². The van der Waals surface area contributed by atoms with Crippen molar-refractivity contribution in [2.45, 2.75) is 6.54 Å². The summed E-state index contributed by atoms with van der Waals surface area (Å²) in [5, 5.41) is 13.5. The van der Waals surface area contributed by atoms with Crippen LogP contribution >= 0.6 is 0 Å². The number of aromatic amines is 1. The summed E-state index contributed by atoms with van der Waals surface area (Å²) in [4.78, 5) is 12.5. The summed E-state index contributed by atoms with van der Waals surface area (Å²) < 4.78 is 18.4. The minimum atomic E-state index is -0.344. The summed E-state index contributed by atoms with van der Waals surface area (Å²) in [6.45, 7) is 0.187. The Hall–Kier alpha value is -3.74. The van der Waals surface area contributed by atoms with Crippen LogP contribution < -0.4 is 5.32 Å². The van der Waals surface area contributed by atoms with Crippen LogP contribution in [0.5, 0.6) is 0 Å². The Kier molecular flexibility index (Phi) is 4.49. The van der Waals surface area contributed by atoms with Crippen LogP contribution in [0.3, 0.4) is 0 Å². The number of aromatic nitrogens is 3. The number of nitrogens with one attached hydrogen (secondary N) is 2. The van der Waals surface area contributed by atoms with Crippen molar-refractivity contribution in [2.24, 2.45) is 0 Å². The van der Waals surface area contributed by atoms with Crippen LogP contribution in [0, 0.1) is 5.82 Å². The van der Waals surface area contributed by atoms with Crippen molar-refractivity contribution in [3.8, 4) is 22.5 Å². The molecule has 0 saturated carbocycles. The molecule has 0 aliphatic heterocycles. The van der Waals surface area contributed by atoms with E-state index >= 15 is 0 Å². The highest BCUT2D eigenvalue weighted by Crippen LogP contribution is 2.22. The Balaban J connectivity index is 1.46. The number of amides is 1. The summed E-state index contributed by atoms with van der Waals surface area (Å²) in [6, 6.07) is 17.2. The van der Waals surface area contributed by atoms with Gasteiger partial charge in [0.2, 0.25) is 0 Å². The van der Waals surface area contributed by atoms with Crippen LogP contribution in [0.4, 0.5) is 4.39 Å². The zero-order chi connectivity index (χ0) is 18.6. The van der Waals surface area contributed by atoms with Crippen LogP contribution in [0.1, 0.15) is 16.1 Å². The van der Waals surface area contributed by atoms with E-state index in [-0.39, 0.29) is 18.3 Å². The number of rotatable bonds is 5. The van der Waals surface area contributed by atoms with Crippen molar-refractivity contribution in [3.05, 3.63) is 84.0 Å². The number of hydrogen-bond donors (Lipinski definition) is 2. The Morgan fingerprint density at radius 2 is 1.85 bits per heavy atom. The van der Waals surface area contributed by atoms with Crippen LogP contribution in [-0.2, 0) is 6.54 Å². The third-order valence-corrected chi connectivity index (χ3v) is 4.07. The fourth-order valence-electron chi connectivity index (χ4n) is 2.70. The predicted molar refractivity (Wildman–Crippen MR) is 97.1 cm³/mol. The molecule has 27 heavy (non-hydrogen) atoms. The molecule has 0 aliphatic carbocycles. The largest absolute Gasteiger partial charge is 0.359 e. The predicted octanol–water partition coefficient (Wildman–Crippen LogP) is 3.80. The number of carbonyl (C=O) groups is 1. The van der Waals surface area contributed by atoms with Gasteiger partial charge in [0.1, 0.15) is 11.5 Å². The van der Waals surface area contributed by atoms with Crippen molar-refractivity contribution in [1.29, 1.82) is 0 Å². The average molecular weight is 362 g/mol. The van der Waals surface area contributed by atoms with E-state index in [4.69, 9.17) is 4.52 Å². The molecular weight excluding hydrogens is 347 g/mol. The second kappa shape index (κ2) is 7.25. The van der Waals surface area contributed by atoms with Gasteiger partial charge in [-0.15, -0.1) is 0 Å². The van der Waals surface area contributed by atoms with E-state index in [1.165, 1.54) is 18.3 Å². The number of carbonyl (C=O) groups excluding carboxylic acids is 1. The molecule has 2 aromatic heterocycles. The molecule has 4 rings (SSSR count). The van der Waals surface area contributed by atoms with Crippen LogP contribution in [0.15, 0.2) is 71.4 Å². The van der Waals surface area contributed by atoms with Crippen molar-refractivity contribution in [2.75, 3.05) is 0 Å². The van der Waals surface area contributed by atoms with E-state index in [9.17, 15) is 9.18 Å². The topological polar surface area (TPSA) is 83.8 Å². The lowest BCUT2D eigenvalue weighted by Crippen LogP contribution is -2.22. The maximum atomic E-state index is 13.1. The molecule has 2 aromatic carbocycles. The first kappa shape index (κ1) is 16.7. The monoisotopic (exact) mass is 362 g/mol. The average Bonchev–Trinajstić information content (AvgIpc) is 3.37. The molecule has 0 aliphatic rings. The van der Waals surface area contributed by atoms with Crippen molar-refractivity contribution in [3.63, 3.8) is 0 Å². The van der Waals surface area contributed by atoms with Gasteiger partial charge in [-0.1, -0.05) is 35.5 Å². The van der Waals surface area contributed by atoms with E-state index in [1.807, 2.05) is 30.3 Å². The highest BCUT2D eigenvalue weighted by Gasteiger charge is 2.16. The van der Waals surface area contributed by atoms with E-state index in [1.54, 1.807) is 18.2 Å². The van der Waals surface area contributed by atoms with E-state index < -0.39 is 0 Å². The van der Waals surface area contributed by atoms with Crippen molar-refractivity contribution < 1.29 is 13.7 Å². The molecule has 0 radical (unpaired) electrons. The summed E-state index contributed by atoms with van der Waals surface area (Å²) in [5.74, 6) is -0.126. The Morgan fingerprint density at radius 3 is 2.63 bits per heavy atom. The lowest BCUT2D eigenvalue weighted by Gasteiger charge is -2.04. The molecule has 0 fully saturated rings. The fraction of sp³-hybridized carbons (Fsp3) is 0.0500. The zero-order valence-electron chi connectivity index (χ0n) is 14.1. The van der Waals surface area contributed by atoms with Gasteiger partial charge in [-0.3, -0.25) is 9.89 Å². The number of H-pyrrole nitrogens is 1. The molecule has 2 heterocycles. The third kappa shape index (κ3) is 3.62. The first-order valence-electron chi connectivity index (χ1n) is 8.29. The van der Waals surface area contributed by atoms with Gasteiger partial charge in [-0.05, 0) is 24.3 Å². The smallest absolute Gasteiger partial charge is 0.255 e. The molecule has 4 aromatic rings. The van der Waals surface area contributed by atoms with Gasteiger partial charge in [0.15, 0.2) is 5.76 Å². The number of halogens is 1. The third-order valence-electron chi connectivity index (χ3n) is 4.07. The number of hydrogen-bond acceptors (Lipinski definition) is 4. The Bertz CT molecular complexity index is 1060. The first-order valence-corrected chi connectivity index (χ1v) is 8.29. The van der Waals surface area contributed by atoms with Gasteiger partial charge in [-0.2, -0.15) is 5.10 Å². The summed E-state index contributed by atoms with van der Waals surface area (Å²) in [7, 11) is 0. The summed E-state index contributed by atoms with van der Waals surface area (Å²) in [5.41, 5.74) is 3.20. The molecule has 0 bridgehead atoms. The molecule has 0 spiro atoms. The molecule has 6 nitrogen and oxygen atoms in total. The Labute approximate surface area is 154 Å². The summed E-state index contributed by atoms with van der Waals surface area (Å²) in [6.07, 6.45) is 1.43. The van der Waals surface area contributed by atoms with E-state index in [0.29, 0.717) is 28.3 Å². The fourth-order valence-corrected chi connectivity index (χ4v) is 2.70. The zero-order valence-corrected chi connectivity index (χ0v) is 14.1. The molecule has 134 valence electrons. The van der Waals surface area contributed by atoms with Crippen LogP contribution in [0.2, 0.25) is 0 Å². The minimum absolute atomic E-state index is 0.187. The normalized spacial score (nSPS) is 10.7. The maximum Gasteiger partial charge on any atom is 0.255 e. The molecule has 0 saturated heterocycles. The highest BCUT2D eigenvalue weighted by molar-refractivity contribution is 5.99. The number of benzene rings is 2. The van der Waals surface area contributed by atoms with Gasteiger partial charge >= 0.3 is 0 Å². The quantitative estimate of drug-likeness (QED) is 0.566. The lowest BCUT2D eigenvalue weighted by molar-refractivity contribution is 0.0948. The minimum Gasteiger partial charge on any atom is -0.359 e. The van der Waals surface area contributed by atoms with Gasteiger partial charge in [0.25, 0.3) is 5.91 Å². The maximum absolute atomic E-state index is 13.1. The van der Waals surface area contributed by atoms with Gasteiger partial charge in [0.05, 0.1) is 24.0 Å². The lowest BCUT2D eigenvalue weighted by atomic mass is 10.1. The molecule has 0 atom stereocenters. The van der Waals surface area contributed by atoms with Gasteiger partial charge in [-0.25, -0.2) is 4.39 Å². The molecule has 7 heteroatoms. The molecule has 0 unspecified atom stereocenters. The first-order chi connectivity index (χ1) is 13.2. The second-order valence-electron chi connectivity index (χ2n) is 5.89. The highest BCUT2D eigenvalue weighted by atomic mass is 19.1. The molecular formula is C20H15FN4O2. The summed E-state index contributed by atoms with van der Waals surface area (Å²) >= 11 is 0. The van der Waals surface area contributed by atoms with Gasteiger partial charge < -0.3 is 9.84 Å². The SMILES string of the molecule is O=C(NCc1cc(-c2ccccc2)no1)c1cn[nH]c1-c1ccc(F)cc1. The second-order valence-corrected chi connectivity index (χ2v) is 5.89. The Morgan fingerprint density at radius 1 is 1.07 bits per heavy atom.